The van der Waals surface area contributed by atoms with Crippen molar-refractivity contribution in [1.29, 1.82) is 0 Å². The topological polar surface area (TPSA) is 90.9 Å². The quantitative estimate of drug-likeness (QED) is 0.509. The molecule has 28 heavy (non-hydrogen) atoms. The highest BCUT2D eigenvalue weighted by molar-refractivity contribution is 7.89. The van der Waals surface area contributed by atoms with E-state index in [0.717, 1.165) is 11.3 Å². The molecule has 0 aliphatic carbocycles. The van der Waals surface area contributed by atoms with Crippen molar-refractivity contribution in [2.45, 2.75) is 11.3 Å². The fourth-order valence-corrected chi connectivity index (χ4v) is 3.32. The van der Waals surface area contributed by atoms with Gasteiger partial charge in [0.2, 0.25) is 10.0 Å². The molecule has 2 aromatic carbocycles. The Bertz CT molecular complexity index is 936. The van der Waals surface area contributed by atoms with E-state index in [4.69, 9.17) is 14.2 Å². The lowest BCUT2D eigenvalue weighted by Crippen LogP contribution is -2.19. The summed E-state index contributed by atoms with van der Waals surface area (Å²) in [5.74, 6) is 0.471. The molecule has 0 saturated heterocycles. The molecule has 0 saturated carbocycles. The molecule has 1 N–H and O–H groups in total. The van der Waals surface area contributed by atoms with E-state index in [1.54, 1.807) is 13.2 Å². The van der Waals surface area contributed by atoms with E-state index < -0.39 is 16.0 Å². The third kappa shape index (κ3) is 5.83. The number of hydrogen-bond donors (Lipinski definition) is 1. The van der Waals surface area contributed by atoms with E-state index in [1.165, 1.54) is 38.4 Å². The molecular formula is C20H23NO6S. The number of carbonyl (C=O) groups excluding carboxylic acids is 1. The van der Waals surface area contributed by atoms with Crippen molar-refractivity contribution >= 4 is 22.1 Å². The van der Waals surface area contributed by atoms with Crippen LogP contribution in [0.25, 0.3) is 6.08 Å². The first-order valence-electron chi connectivity index (χ1n) is 8.49. The minimum Gasteiger partial charge on any atom is -0.497 e. The lowest BCUT2D eigenvalue weighted by Gasteiger charge is -2.09. The predicted molar refractivity (Wildman–Crippen MR) is 106 cm³/mol. The SMILES string of the molecule is CNS(=O)(=O)c1cc(/C=C/C(=O)OCCc2ccc(OC)cc2)ccc1OC. The van der Waals surface area contributed by atoms with E-state index in [0.29, 0.717) is 12.0 Å². The fourth-order valence-electron chi connectivity index (χ4n) is 2.39. The number of benzene rings is 2. The molecule has 0 radical (unpaired) electrons. The molecule has 2 aromatic rings. The van der Waals surface area contributed by atoms with Gasteiger partial charge in [0.15, 0.2) is 0 Å². The summed E-state index contributed by atoms with van der Waals surface area (Å²) < 4.78 is 41.7. The van der Waals surface area contributed by atoms with Gasteiger partial charge in [0.1, 0.15) is 16.4 Å². The highest BCUT2D eigenvalue weighted by Crippen LogP contribution is 2.25. The Labute approximate surface area is 165 Å². The van der Waals surface area contributed by atoms with Gasteiger partial charge < -0.3 is 14.2 Å². The maximum Gasteiger partial charge on any atom is 0.330 e. The summed E-state index contributed by atoms with van der Waals surface area (Å²) >= 11 is 0. The maximum absolute atomic E-state index is 12.1. The molecule has 0 atom stereocenters. The molecule has 0 unspecified atom stereocenters. The number of ether oxygens (including phenoxy) is 3. The van der Waals surface area contributed by atoms with Gasteiger partial charge in [-0.1, -0.05) is 18.2 Å². The normalized spacial score (nSPS) is 11.4. The van der Waals surface area contributed by atoms with Crippen molar-refractivity contribution in [2.24, 2.45) is 0 Å². The van der Waals surface area contributed by atoms with Crippen molar-refractivity contribution in [3.05, 3.63) is 59.7 Å². The first-order chi connectivity index (χ1) is 13.4. The van der Waals surface area contributed by atoms with Crippen LogP contribution in [0.4, 0.5) is 0 Å². The molecule has 0 aliphatic heterocycles. The monoisotopic (exact) mass is 405 g/mol. The lowest BCUT2D eigenvalue weighted by molar-refractivity contribution is -0.137. The first-order valence-corrected chi connectivity index (χ1v) is 9.97. The van der Waals surface area contributed by atoms with E-state index in [9.17, 15) is 13.2 Å². The number of hydrogen-bond acceptors (Lipinski definition) is 6. The van der Waals surface area contributed by atoms with Crippen molar-refractivity contribution in [1.82, 2.24) is 4.72 Å². The Morgan fingerprint density at radius 3 is 2.39 bits per heavy atom. The molecule has 2 rings (SSSR count). The van der Waals surface area contributed by atoms with E-state index in [1.807, 2.05) is 24.3 Å². The van der Waals surface area contributed by atoms with Crippen LogP contribution in [-0.2, 0) is 26.0 Å². The summed E-state index contributed by atoms with van der Waals surface area (Å²) in [7, 11) is 0.620. The summed E-state index contributed by atoms with van der Waals surface area (Å²) in [6.45, 7) is 0.234. The van der Waals surface area contributed by atoms with Gasteiger partial charge in [0.05, 0.1) is 20.8 Å². The summed E-state index contributed by atoms with van der Waals surface area (Å²) in [6, 6.07) is 12.1. The predicted octanol–water partition coefficient (Wildman–Crippen LogP) is 2.41. The number of rotatable bonds is 9. The van der Waals surface area contributed by atoms with Gasteiger partial charge in [-0.3, -0.25) is 0 Å². The van der Waals surface area contributed by atoms with Crippen LogP contribution < -0.4 is 14.2 Å². The molecule has 0 fully saturated rings. The van der Waals surface area contributed by atoms with Crippen molar-refractivity contribution < 1.29 is 27.4 Å². The Morgan fingerprint density at radius 1 is 1.07 bits per heavy atom. The minimum atomic E-state index is -3.69. The summed E-state index contributed by atoms with van der Waals surface area (Å²) in [4.78, 5) is 11.9. The lowest BCUT2D eigenvalue weighted by atomic mass is 10.1. The third-order valence-electron chi connectivity index (χ3n) is 3.95. The van der Waals surface area contributed by atoms with Crippen LogP contribution in [0.3, 0.4) is 0 Å². The largest absolute Gasteiger partial charge is 0.497 e. The average molecular weight is 405 g/mol. The maximum atomic E-state index is 12.1. The van der Waals surface area contributed by atoms with Crippen LogP contribution in [0.5, 0.6) is 11.5 Å². The third-order valence-corrected chi connectivity index (χ3v) is 5.39. The highest BCUT2D eigenvalue weighted by atomic mass is 32.2. The number of nitrogens with one attached hydrogen (secondary N) is 1. The summed E-state index contributed by atoms with van der Waals surface area (Å²) in [5.41, 5.74) is 1.55. The molecule has 0 spiro atoms. The van der Waals surface area contributed by atoms with Crippen molar-refractivity contribution in [2.75, 3.05) is 27.9 Å². The van der Waals surface area contributed by atoms with Crippen molar-refractivity contribution in [3.8, 4) is 11.5 Å². The zero-order chi connectivity index (χ0) is 20.6. The molecule has 0 aromatic heterocycles. The second-order valence-corrected chi connectivity index (χ2v) is 7.57. The Morgan fingerprint density at radius 2 is 1.79 bits per heavy atom. The highest BCUT2D eigenvalue weighted by Gasteiger charge is 2.17. The summed E-state index contributed by atoms with van der Waals surface area (Å²) in [6.07, 6.45) is 3.33. The van der Waals surface area contributed by atoms with E-state index in [2.05, 4.69) is 4.72 Å². The average Bonchev–Trinajstić information content (AvgIpc) is 2.72. The fraction of sp³-hybridized carbons (Fsp3) is 0.250. The number of carbonyl (C=O) groups is 1. The minimum absolute atomic E-state index is 0.00692. The zero-order valence-electron chi connectivity index (χ0n) is 16.0. The van der Waals surface area contributed by atoms with Gasteiger partial charge in [-0.2, -0.15) is 0 Å². The standard InChI is InChI=1S/C20H23NO6S/c1-21-28(23,24)19-14-16(6-10-18(19)26-3)7-11-20(22)27-13-12-15-4-8-17(25-2)9-5-15/h4-11,14,21H,12-13H2,1-3H3/b11-7+. The Balaban J connectivity index is 1.96. The molecule has 0 aliphatic rings. The Hall–Kier alpha value is -2.84. The smallest absolute Gasteiger partial charge is 0.330 e. The van der Waals surface area contributed by atoms with Gasteiger partial charge in [-0.05, 0) is 48.5 Å². The zero-order valence-corrected chi connectivity index (χ0v) is 16.8. The first kappa shape index (κ1) is 21.5. The molecule has 0 bridgehead atoms. The van der Waals surface area contributed by atoms with Crippen LogP contribution in [0.15, 0.2) is 53.4 Å². The second kappa shape index (κ2) is 9.91. The van der Waals surface area contributed by atoms with Gasteiger partial charge in [-0.25, -0.2) is 17.9 Å². The second-order valence-electron chi connectivity index (χ2n) is 5.72. The van der Waals surface area contributed by atoms with E-state index in [-0.39, 0.29) is 17.3 Å². The van der Waals surface area contributed by atoms with Gasteiger partial charge in [0, 0.05) is 12.5 Å². The van der Waals surface area contributed by atoms with Crippen LogP contribution >= 0.6 is 0 Å². The number of methoxy groups -OCH3 is 2. The molecular weight excluding hydrogens is 382 g/mol. The number of esters is 1. The van der Waals surface area contributed by atoms with Crippen LogP contribution in [0.1, 0.15) is 11.1 Å². The van der Waals surface area contributed by atoms with Crippen LogP contribution in [-0.4, -0.2) is 42.3 Å². The molecule has 0 amide bonds. The molecule has 7 nitrogen and oxygen atoms in total. The summed E-state index contributed by atoms with van der Waals surface area (Å²) in [5, 5.41) is 0. The van der Waals surface area contributed by atoms with Gasteiger partial charge in [-0.15, -0.1) is 0 Å². The van der Waals surface area contributed by atoms with Gasteiger partial charge >= 0.3 is 5.97 Å². The number of sulfonamides is 1. The molecule has 8 heteroatoms. The molecule has 150 valence electrons. The Kier molecular flexibility index (Phi) is 7.60. The van der Waals surface area contributed by atoms with Gasteiger partial charge in [0.25, 0.3) is 0 Å². The molecule has 0 heterocycles. The van der Waals surface area contributed by atoms with E-state index >= 15 is 0 Å². The van der Waals surface area contributed by atoms with Crippen LogP contribution in [0, 0.1) is 0 Å². The van der Waals surface area contributed by atoms with Crippen LogP contribution in [0.2, 0.25) is 0 Å². The van der Waals surface area contributed by atoms with Crippen molar-refractivity contribution in [3.63, 3.8) is 0 Å².